The Labute approximate surface area is 118 Å². The SMILES string of the molecule is C/C(=C/Cc1cccc(O)c1C=O)C(O)/C=C/C(C)O. The molecule has 1 rings (SSSR count). The number of hydrogen-bond acceptors (Lipinski definition) is 4. The maximum absolute atomic E-state index is 10.9. The van der Waals surface area contributed by atoms with E-state index >= 15 is 0 Å². The summed E-state index contributed by atoms with van der Waals surface area (Å²) < 4.78 is 0. The molecule has 4 nitrogen and oxygen atoms in total. The molecule has 2 atom stereocenters. The summed E-state index contributed by atoms with van der Waals surface area (Å²) in [5, 5.41) is 28.5. The van der Waals surface area contributed by atoms with E-state index in [-0.39, 0.29) is 11.3 Å². The highest BCUT2D eigenvalue weighted by molar-refractivity contribution is 5.81. The van der Waals surface area contributed by atoms with Gasteiger partial charge in [0.2, 0.25) is 0 Å². The number of aliphatic hydroxyl groups excluding tert-OH is 2. The summed E-state index contributed by atoms with van der Waals surface area (Å²) in [5.41, 5.74) is 1.68. The number of benzene rings is 1. The molecule has 0 heterocycles. The fourth-order valence-corrected chi connectivity index (χ4v) is 1.72. The normalized spacial score (nSPS) is 15.3. The Kier molecular flexibility index (Phi) is 6.15. The first-order chi connectivity index (χ1) is 9.45. The van der Waals surface area contributed by atoms with Gasteiger partial charge in [-0.15, -0.1) is 0 Å². The van der Waals surface area contributed by atoms with E-state index in [2.05, 4.69) is 0 Å². The molecule has 0 saturated heterocycles. The van der Waals surface area contributed by atoms with Crippen molar-refractivity contribution in [2.75, 3.05) is 0 Å². The standard InChI is InChI=1S/C16H20O4/c1-11(15(19)9-7-12(2)18)6-8-13-4-3-5-16(20)14(13)10-17/h3-7,9-10,12,15,18-20H,8H2,1-2H3/b9-7+,11-6-. The van der Waals surface area contributed by atoms with Crippen LogP contribution in [-0.2, 0) is 6.42 Å². The Bertz CT molecular complexity index is 515. The lowest BCUT2D eigenvalue weighted by Gasteiger charge is -2.08. The van der Waals surface area contributed by atoms with Crippen LogP contribution in [0.2, 0.25) is 0 Å². The molecular formula is C16H20O4. The second-order valence-corrected chi connectivity index (χ2v) is 4.69. The van der Waals surface area contributed by atoms with Crippen molar-refractivity contribution in [2.24, 2.45) is 0 Å². The molecule has 0 bridgehead atoms. The van der Waals surface area contributed by atoms with Gasteiger partial charge in [0, 0.05) is 0 Å². The quantitative estimate of drug-likeness (QED) is 0.548. The predicted octanol–water partition coefficient (Wildman–Crippen LogP) is 1.99. The van der Waals surface area contributed by atoms with Gasteiger partial charge >= 0.3 is 0 Å². The second kappa shape index (κ2) is 7.62. The third kappa shape index (κ3) is 4.64. The van der Waals surface area contributed by atoms with Crippen molar-refractivity contribution < 1.29 is 20.1 Å². The van der Waals surface area contributed by atoms with Crippen molar-refractivity contribution in [1.82, 2.24) is 0 Å². The highest BCUT2D eigenvalue weighted by atomic mass is 16.3. The van der Waals surface area contributed by atoms with Gasteiger partial charge in [0.05, 0.1) is 17.8 Å². The molecule has 1 aromatic carbocycles. The Morgan fingerprint density at radius 1 is 1.30 bits per heavy atom. The first kappa shape index (κ1) is 16.1. The monoisotopic (exact) mass is 276 g/mol. The summed E-state index contributed by atoms with van der Waals surface area (Å²) in [4.78, 5) is 10.9. The van der Waals surface area contributed by atoms with E-state index in [1.165, 1.54) is 18.2 Å². The molecule has 108 valence electrons. The molecule has 3 N–H and O–H groups in total. The first-order valence-electron chi connectivity index (χ1n) is 6.42. The van der Waals surface area contributed by atoms with Crippen molar-refractivity contribution in [3.05, 3.63) is 53.1 Å². The van der Waals surface area contributed by atoms with Crippen molar-refractivity contribution in [2.45, 2.75) is 32.5 Å². The van der Waals surface area contributed by atoms with E-state index in [0.29, 0.717) is 23.8 Å². The molecule has 0 spiro atoms. The largest absolute Gasteiger partial charge is 0.507 e. The van der Waals surface area contributed by atoms with Gasteiger partial charge in [-0.05, 0) is 37.5 Å². The van der Waals surface area contributed by atoms with E-state index in [1.807, 2.05) is 0 Å². The number of allylic oxidation sites excluding steroid dienone is 1. The van der Waals surface area contributed by atoms with Crippen LogP contribution in [0, 0.1) is 0 Å². The van der Waals surface area contributed by atoms with Crippen molar-refractivity contribution >= 4 is 6.29 Å². The minimum atomic E-state index is -0.776. The smallest absolute Gasteiger partial charge is 0.154 e. The number of phenols is 1. The zero-order valence-electron chi connectivity index (χ0n) is 11.7. The summed E-state index contributed by atoms with van der Waals surface area (Å²) in [6.07, 6.45) is 4.49. The number of aldehydes is 1. The van der Waals surface area contributed by atoms with Crippen LogP contribution in [0.5, 0.6) is 5.75 Å². The number of carbonyl (C=O) groups excluding carboxylic acids is 1. The fourth-order valence-electron chi connectivity index (χ4n) is 1.72. The highest BCUT2D eigenvalue weighted by Gasteiger charge is 2.07. The minimum absolute atomic E-state index is 0.0434. The van der Waals surface area contributed by atoms with Crippen LogP contribution in [0.3, 0.4) is 0 Å². The molecule has 2 unspecified atom stereocenters. The number of carbonyl (C=O) groups is 1. The van der Waals surface area contributed by atoms with Gasteiger partial charge in [-0.25, -0.2) is 0 Å². The lowest BCUT2D eigenvalue weighted by molar-refractivity contribution is 0.112. The third-order valence-electron chi connectivity index (χ3n) is 2.97. The number of rotatable bonds is 6. The van der Waals surface area contributed by atoms with Crippen LogP contribution in [0.4, 0.5) is 0 Å². The Balaban J connectivity index is 2.82. The maximum Gasteiger partial charge on any atom is 0.154 e. The van der Waals surface area contributed by atoms with E-state index in [1.54, 1.807) is 32.1 Å². The highest BCUT2D eigenvalue weighted by Crippen LogP contribution is 2.20. The van der Waals surface area contributed by atoms with Gasteiger partial charge in [-0.3, -0.25) is 4.79 Å². The maximum atomic E-state index is 10.9. The zero-order valence-corrected chi connectivity index (χ0v) is 11.7. The summed E-state index contributed by atoms with van der Waals surface area (Å²) in [5.74, 6) is -0.0434. The van der Waals surface area contributed by atoms with Gasteiger partial charge in [0.25, 0.3) is 0 Å². The number of hydrogen-bond donors (Lipinski definition) is 3. The average Bonchev–Trinajstić information content (AvgIpc) is 2.42. The summed E-state index contributed by atoms with van der Waals surface area (Å²) in [7, 11) is 0. The molecule has 0 aliphatic carbocycles. The zero-order chi connectivity index (χ0) is 15.1. The van der Waals surface area contributed by atoms with Crippen LogP contribution >= 0.6 is 0 Å². The molecule has 0 amide bonds. The Morgan fingerprint density at radius 3 is 2.60 bits per heavy atom. The number of aromatic hydroxyl groups is 1. The molecule has 0 radical (unpaired) electrons. The molecule has 0 aliphatic heterocycles. The molecule has 20 heavy (non-hydrogen) atoms. The van der Waals surface area contributed by atoms with Crippen molar-refractivity contribution in [3.63, 3.8) is 0 Å². The van der Waals surface area contributed by atoms with Gasteiger partial charge in [-0.1, -0.05) is 30.4 Å². The first-order valence-corrected chi connectivity index (χ1v) is 6.42. The van der Waals surface area contributed by atoms with Crippen LogP contribution in [0.15, 0.2) is 42.0 Å². The van der Waals surface area contributed by atoms with Crippen LogP contribution in [-0.4, -0.2) is 33.8 Å². The van der Waals surface area contributed by atoms with Gasteiger partial charge < -0.3 is 15.3 Å². The van der Waals surface area contributed by atoms with Crippen molar-refractivity contribution in [3.8, 4) is 5.75 Å². The van der Waals surface area contributed by atoms with Crippen LogP contribution in [0.25, 0.3) is 0 Å². The van der Waals surface area contributed by atoms with Gasteiger partial charge in [0.1, 0.15) is 5.75 Å². The Morgan fingerprint density at radius 2 is 2.00 bits per heavy atom. The molecule has 0 fully saturated rings. The molecule has 0 aromatic heterocycles. The molecule has 1 aromatic rings. The van der Waals surface area contributed by atoms with Gasteiger partial charge in [0.15, 0.2) is 6.29 Å². The van der Waals surface area contributed by atoms with Gasteiger partial charge in [-0.2, -0.15) is 0 Å². The van der Waals surface area contributed by atoms with E-state index in [4.69, 9.17) is 5.11 Å². The second-order valence-electron chi connectivity index (χ2n) is 4.69. The number of aliphatic hydroxyl groups is 2. The topological polar surface area (TPSA) is 77.8 Å². The van der Waals surface area contributed by atoms with Crippen LogP contribution in [0.1, 0.15) is 29.8 Å². The lowest BCUT2D eigenvalue weighted by atomic mass is 10.0. The van der Waals surface area contributed by atoms with Crippen molar-refractivity contribution in [1.29, 1.82) is 0 Å². The summed E-state index contributed by atoms with van der Waals surface area (Å²) in [6, 6.07) is 4.89. The van der Waals surface area contributed by atoms with E-state index in [9.17, 15) is 15.0 Å². The van der Waals surface area contributed by atoms with E-state index in [0.717, 1.165) is 0 Å². The third-order valence-corrected chi connectivity index (χ3v) is 2.97. The molecular weight excluding hydrogens is 256 g/mol. The molecule has 0 saturated carbocycles. The molecule has 4 heteroatoms. The summed E-state index contributed by atoms with van der Waals surface area (Å²) in [6.45, 7) is 3.37. The lowest BCUT2D eigenvalue weighted by Crippen LogP contribution is -2.06. The molecule has 0 aliphatic rings. The average molecular weight is 276 g/mol. The van der Waals surface area contributed by atoms with Crippen LogP contribution < -0.4 is 0 Å². The predicted molar refractivity (Wildman–Crippen MR) is 77.8 cm³/mol. The summed E-state index contributed by atoms with van der Waals surface area (Å²) >= 11 is 0. The Hall–Kier alpha value is -1.91. The fraction of sp³-hybridized carbons (Fsp3) is 0.312. The number of phenolic OH excluding ortho intramolecular Hbond substituents is 1. The van der Waals surface area contributed by atoms with E-state index < -0.39 is 12.2 Å². The minimum Gasteiger partial charge on any atom is -0.507 e.